The van der Waals surface area contributed by atoms with Crippen molar-refractivity contribution in [3.63, 3.8) is 0 Å². The number of carbonyl (C=O) groups excluding carboxylic acids is 3. The summed E-state index contributed by atoms with van der Waals surface area (Å²) < 4.78 is 31.6. The number of esters is 1. The van der Waals surface area contributed by atoms with E-state index in [-0.39, 0.29) is 16.6 Å². The monoisotopic (exact) mass is 405 g/mol. The van der Waals surface area contributed by atoms with Gasteiger partial charge in [-0.1, -0.05) is 12.1 Å². The topological polar surface area (TPSA) is 63.7 Å². The van der Waals surface area contributed by atoms with Gasteiger partial charge in [0.25, 0.3) is 0 Å². The summed E-state index contributed by atoms with van der Waals surface area (Å²) in [7, 11) is 0. The van der Waals surface area contributed by atoms with E-state index in [0.29, 0.717) is 24.2 Å². The third-order valence-electron chi connectivity index (χ3n) is 4.16. The van der Waals surface area contributed by atoms with Gasteiger partial charge in [0.05, 0.1) is 5.75 Å². The number of ketones is 1. The number of halogens is 2. The Kier molecular flexibility index (Phi) is 6.41. The summed E-state index contributed by atoms with van der Waals surface area (Å²) in [5, 5.41) is 0. The number of benzene rings is 2. The molecule has 0 N–H and O–H groups in total. The molecule has 0 aliphatic carbocycles. The quantitative estimate of drug-likeness (QED) is 0.400. The molecule has 0 atom stereocenters. The standard InChI is InChI=1S/C20H17F2NO4S/c21-14-6-7-16(22)18(10-14)28-12-20(26)27-11-17(24)13-3-1-4-15(9-13)23-8-2-5-19(23)25/h1,3-4,6-7,9-10H,2,5,8,11-12H2. The molecule has 2 aromatic carbocycles. The van der Waals surface area contributed by atoms with E-state index in [1.165, 1.54) is 0 Å². The maximum atomic E-state index is 13.5. The highest BCUT2D eigenvalue weighted by atomic mass is 32.2. The summed E-state index contributed by atoms with van der Waals surface area (Å²) in [4.78, 5) is 37.5. The van der Waals surface area contributed by atoms with Crippen LogP contribution in [0.25, 0.3) is 0 Å². The van der Waals surface area contributed by atoms with Crippen molar-refractivity contribution in [1.82, 2.24) is 0 Å². The van der Waals surface area contributed by atoms with Crippen molar-refractivity contribution in [3.8, 4) is 0 Å². The van der Waals surface area contributed by atoms with Crippen LogP contribution in [0.5, 0.6) is 0 Å². The lowest BCUT2D eigenvalue weighted by molar-refractivity contribution is -0.139. The first kappa shape index (κ1) is 20.0. The zero-order valence-corrected chi connectivity index (χ0v) is 15.6. The molecule has 0 aromatic heterocycles. The Morgan fingerprint density at radius 3 is 2.71 bits per heavy atom. The van der Waals surface area contributed by atoms with Crippen molar-refractivity contribution in [3.05, 3.63) is 59.7 Å². The van der Waals surface area contributed by atoms with E-state index in [0.717, 1.165) is 36.4 Å². The van der Waals surface area contributed by atoms with Gasteiger partial charge >= 0.3 is 5.97 Å². The minimum absolute atomic E-state index is 0.00809. The highest BCUT2D eigenvalue weighted by Gasteiger charge is 2.22. The molecule has 0 saturated carbocycles. The molecule has 1 aliphatic rings. The summed E-state index contributed by atoms with van der Waals surface area (Å²) in [6, 6.07) is 9.54. The molecule has 28 heavy (non-hydrogen) atoms. The molecular formula is C20H17F2NO4S. The van der Waals surface area contributed by atoms with Crippen LogP contribution in [0.1, 0.15) is 23.2 Å². The van der Waals surface area contributed by atoms with Gasteiger partial charge in [0, 0.05) is 29.1 Å². The predicted octanol–water partition coefficient (Wildman–Crippen LogP) is 3.61. The summed E-state index contributed by atoms with van der Waals surface area (Å²) in [5.41, 5.74) is 0.964. The largest absolute Gasteiger partial charge is 0.457 e. The molecule has 0 spiro atoms. The lowest BCUT2D eigenvalue weighted by atomic mass is 10.1. The molecule has 1 fully saturated rings. The van der Waals surface area contributed by atoms with Gasteiger partial charge < -0.3 is 9.64 Å². The third-order valence-corrected chi connectivity index (χ3v) is 5.16. The van der Waals surface area contributed by atoms with Crippen LogP contribution in [0.4, 0.5) is 14.5 Å². The van der Waals surface area contributed by atoms with E-state index in [9.17, 15) is 23.2 Å². The molecule has 2 aromatic rings. The number of nitrogens with zero attached hydrogens (tertiary/aromatic N) is 1. The van der Waals surface area contributed by atoms with E-state index < -0.39 is 30.0 Å². The average Bonchev–Trinajstić information content (AvgIpc) is 3.12. The third kappa shape index (κ3) is 4.95. The number of Topliss-reactive ketones (excluding diaryl/α,β-unsaturated/α-hetero) is 1. The van der Waals surface area contributed by atoms with Crippen molar-refractivity contribution in [2.75, 3.05) is 23.8 Å². The summed E-state index contributed by atoms with van der Waals surface area (Å²) >= 11 is 0.791. The SMILES string of the molecule is O=C(CSc1cc(F)ccc1F)OCC(=O)c1cccc(N2CCCC2=O)c1. The normalized spacial score (nSPS) is 13.6. The minimum atomic E-state index is -0.715. The molecule has 1 amide bonds. The first-order valence-electron chi connectivity index (χ1n) is 8.61. The van der Waals surface area contributed by atoms with Gasteiger partial charge in [-0.25, -0.2) is 8.78 Å². The van der Waals surface area contributed by atoms with E-state index in [1.54, 1.807) is 29.2 Å². The number of carbonyl (C=O) groups is 3. The fourth-order valence-corrected chi connectivity index (χ4v) is 3.52. The molecule has 1 heterocycles. The highest BCUT2D eigenvalue weighted by Crippen LogP contribution is 2.24. The Morgan fingerprint density at radius 1 is 1.14 bits per heavy atom. The van der Waals surface area contributed by atoms with Crippen molar-refractivity contribution in [2.45, 2.75) is 17.7 Å². The van der Waals surface area contributed by atoms with Gasteiger partial charge in [-0.05, 0) is 36.8 Å². The molecule has 1 saturated heterocycles. The Balaban J connectivity index is 1.53. The van der Waals surface area contributed by atoms with Crippen LogP contribution >= 0.6 is 11.8 Å². The molecule has 5 nitrogen and oxygen atoms in total. The second kappa shape index (κ2) is 8.97. The molecule has 0 bridgehead atoms. The first-order valence-corrected chi connectivity index (χ1v) is 9.60. The summed E-state index contributed by atoms with van der Waals surface area (Å²) in [6.07, 6.45) is 1.26. The molecule has 0 unspecified atom stereocenters. The van der Waals surface area contributed by atoms with E-state index in [4.69, 9.17) is 4.74 Å². The van der Waals surface area contributed by atoms with E-state index in [2.05, 4.69) is 0 Å². The number of thioether (sulfide) groups is 1. The Hall–Kier alpha value is -2.74. The number of rotatable bonds is 7. The van der Waals surface area contributed by atoms with Crippen LogP contribution in [-0.4, -0.2) is 36.6 Å². The van der Waals surface area contributed by atoms with Gasteiger partial charge in [0.2, 0.25) is 5.91 Å². The zero-order valence-electron chi connectivity index (χ0n) is 14.8. The number of amides is 1. The molecule has 0 radical (unpaired) electrons. The number of anilines is 1. The number of hydrogen-bond donors (Lipinski definition) is 0. The van der Waals surface area contributed by atoms with E-state index in [1.807, 2.05) is 0 Å². The van der Waals surface area contributed by atoms with Crippen LogP contribution in [-0.2, 0) is 14.3 Å². The fraction of sp³-hybridized carbons (Fsp3) is 0.250. The van der Waals surface area contributed by atoms with Crippen LogP contribution in [0.2, 0.25) is 0 Å². The molecule has 3 rings (SSSR count). The van der Waals surface area contributed by atoms with Crippen LogP contribution in [0, 0.1) is 11.6 Å². The van der Waals surface area contributed by atoms with Crippen molar-refractivity contribution in [1.29, 1.82) is 0 Å². The molecule has 1 aliphatic heterocycles. The maximum Gasteiger partial charge on any atom is 0.316 e. The van der Waals surface area contributed by atoms with Gasteiger partial charge in [-0.2, -0.15) is 0 Å². The lowest BCUT2D eigenvalue weighted by Gasteiger charge is -2.16. The fourth-order valence-electron chi connectivity index (χ4n) is 2.76. The van der Waals surface area contributed by atoms with Crippen LogP contribution in [0.3, 0.4) is 0 Å². The lowest BCUT2D eigenvalue weighted by Crippen LogP contribution is -2.24. The second-order valence-electron chi connectivity index (χ2n) is 6.15. The summed E-state index contributed by atoms with van der Waals surface area (Å²) in [6.45, 7) is 0.141. The van der Waals surface area contributed by atoms with Gasteiger partial charge in [0.15, 0.2) is 12.4 Å². The average molecular weight is 405 g/mol. The van der Waals surface area contributed by atoms with E-state index >= 15 is 0 Å². The first-order chi connectivity index (χ1) is 13.4. The number of hydrogen-bond acceptors (Lipinski definition) is 5. The predicted molar refractivity (Wildman–Crippen MR) is 100 cm³/mol. The maximum absolute atomic E-state index is 13.5. The van der Waals surface area contributed by atoms with Gasteiger partial charge in [-0.15, -0.1) is 11.8 Å². The summed E-state index contributed by atoms with van der Waals surface area (Å²) in [5.74, 6) is -2.61. The van der Waals surface area contributed by atoms with Crippen molar-refractivity contribution < 1.29 is 27.9 Å². The van der Waals surface area contributed by atoms with Crippen LogP contribution in [0.15, 0.2) is 47.4 Å². The molecule has 146 valence electrons. The van der Waals surface area contributed by atoms with Gasteiger partial charge in [0.1, 0.15) is 11.6 Å². The Bertz CT molecular complexity index is 919. The smallest absolute Gasteiger partial charge is 0.316 e. The van der Waals surface area contributed by atoms with Gasteiger partial charge in [-0.3, -0.25) is 14.4 Å². The molecule has 8 heteroatoms. The Morgan fingerprint density at radius 2 is 1.96 bits per heavy atom. The number of ether oxygens (including phenoxy) is 1. The minimum Gasteiger partial charge on any atom is -0.457 e. The molecular weight excluding hydrogens is 388 g/mol. The second-order valence-corrected chi connectivity index (χ2v) is 7.16. The van der Waals surface area contributed by atoms with Crippen molar-refractivity contribution in [2.24, 2.45) is 0 Å². The van der Waals surface area contributed by atoms with Crippen LogP contribution < -0.4 is 4.90 Å². The highest BCUT2D eigenvalue weighted by molar-refractivity contribution is 8.00. The zero-order chi connectivity index (χ0) is 20.1. The Labute approximate surface area is 164 Å². The van der Waals surface area contributed by atoms with Crippen molar-refractivity contribution >= 4 is 35.1 Å².